The summed E-state index contributed by atoms with van der Waals surface area (Å²) in [4.78, 5) is 47.8. The fourth-order valence-corrected chi connectivity index (χ4v) is 6.66. The molecule has 41 heavy (non-hydrogen) atoms. The van der Waals surface area contributed by atoms with Gasteiger partial charge in [0, 0.05) is 57.0 Å². The Morgan fingerprint density at radius 3 is 2.10 bits per heavy atom. The second kappa shape index (κ2) is 10.8. The molecule has 3 fully saturated rings. The van der Waals surface area contributed by atoms with Gasteiger partial charge in [0.15, 0.2) is 0 Å². The number of anilines is 1. The lowest BCUT2D eigenvalue weighted by Crippen LogP contribution is -2.58. The van der Waals surface area contributed by atoms with Crippen LogP contribution < -0.4 is 22.5 Å². The first-order valence-corrected chi connectivity index (χ1v) is 14.6. The topological polar surface area (TPSA) is 143 Å². The number of urea groups is 1. The van der Waals surface area contributed by atoms with Crippen LogP contribution in [0.5, 0.6) is 0 Å². The van der Waals surface area contributed by atoms with Crippen molar-refractivity contribution in [2.75, 3.05) is 44.6 Å². The number of piperazine rings is 1. The van der Waals surface area contributed by atoms with Crippen LogP contribution in [0.1, 0.15) is 40.2 Å². The van der Waals surface area contributed by atoms with Crippen molar-refractivity contribution < 1.29 is 9.59 Å². The summed E-state index contributed by atoms with van der Waals surface area (Å²) >= 11 is 0. The van der Waals surface area contributed by atoms with E-state index in [0.717, 1.165) is 37.0 Å². The number of piperidine rings is 1. The number of likely N-dealkylation sites (tertiary alicyclic amines) is 1. The molecule has 1 saturated carbocycles. The van der Waals surface area contributed by atoms with E-state index >= 15 is 0 Å². The Morgan fingerprint density at radius 2 is 1.56 bits per heavy atom. The number of nitrogens with two attached hydrogens (primary N) is 2. The van der Waals surface area contributed by atoms with E-state index in [9.17, 15) is 14.4 Å². The lowest BCUT2D eigenvalue weighted by atomic mass is 9.95. The minimum absolute atomic E-state index is 0.0852. The molecule has 0 spiro atoms. The fourth-order valence-electron chi connectivity index (χ4n) is 6.66. The highest BCUT2D eigenvalue weighted by molar-refractivity contribution is 5.89. The zero-order valence-electron chi connectivity index (χ0n) is 24.8. The van der Waals surface area contributed by atoms with Crippen LogP contribution in [0.4, 0.5) is 10.6 Å². The zero-order valence-corrected chi connectivity index (χ0v) is 24.8. The number of hydrogen-bond donors (Lipinski definition) is 3. The van der Waals surface area contributed by atoms with E-state index in [1.165, 1.54) is 10.1 Å². The summed E-state index contributed by atoms with van der Waals surface area (Å²) in [5.74, 6) is 2.16. The summed E-state index contributed by atoms with van der Waals surface area (Å²) in [5.41, 5.74) is 12.7. The Kier molecular flexibility index (Phi) is 7.73. The molecule has 0 bridgehead atoms. The van der Waals surface area contributed by atoms with Crippen LogP contribution in [0.3, 0.4) is 0 Å². The number of benzene rings is 1. The maximum atomic E-state index is 12.8. The van der Waals surface area contributed by atoms with Gasteiger partial charge in [0.25, 0.3) is 0 Å². The van der Waals surface area contributed by atoms with Crippen molar-refractivity contribution >= 4 is 17.8 Å². The molecule has 3 aliphatic rings. The van der Waals surface area contributed by atoms with Gasteiger partial charge in [0.2, 0.25) is 5.91 Å². The van der Waals surface area contributed by atoms with E-state index < -0.39 is 11.2 Å². The predicted molar refractivity (Wildman–Crippen MR) is 159 cm³/mol. The molecular formula is C30H44N8O3. The molecule has 2 aliphatic heterocycles. The lowest BCUT2D eigenvalue weighted by molar-refractivity contribution is -0.137. The maximum Gasteiger partial charge on any atom is 0.354 e. The van der Waals surface area contributed by atoms with Gasteiger partial charge in [-0.3, -0.25) is 19.6 Å². The largest absolute Gasteiger partial charge is 0.354 e. The quantitative estimate of drug-likeness (QED) is 0.462. The van der Waals surface area contributed by atoms with Gasteiger partial charge in [0.1, 0.15) is 5.82 Å². The molecule has 1 unspecified atom stereocenters. The summed E-state index contributed by atoms with van der Waals surface area (Å²) in [7, 11) is 0. The molecule has 2 saturated heterocycles. The number of carbonyl (C=O) groups excluding carboxylic acids is 2. The van der Waals surface area contributed by atoms with E-state index in [4.69, 9.17) is 11.5 Å². The van der Waals surface area contributed by atoms with E-state index in [2.05, 4.69) is 48.1 Å². The zero-order chi connectivity index (χ0) is 29.7. The average Bonchev–Trinajstić information content (AvgIpc) is 3.44. The van der Waals surface area contributed by atoms with Crippen molar-refractivity contribution in [3.8, 4) is 5.69 Å². The molecular weight excluding hydrogens is 520 g/mol. The number of rotatable bonds is 7. The van der Waals surface area contributed by atoms with E-state index in [0.29, 0.717) is 38.1 Å². The van der Waals surface area contributed by atoms with Gasteiger partial charge in [-0.1, -0.05) is 12.1 Å². The lowest BCUT2D eigenvalue weighted by Gasteiger charge is -2.37. The molecule has 3 amide bonds. The third kappa shape index (κ3) is 6.32. The molecule has 1 aromatic carbocycles. The van der Waals surface area contributed by atoms with Crippen molar-refractivity contribution in [1.29, 1.82) is 0 Å². The normalized spacial score (nSPS) is 23.7. The Labute approximate surface area is 241 Å². The highest BCUT2D eigenvalue weighted by Crippen LogP contribution is 2.56. The highest BCUT2D eigenvalue weighted by Gasteiger charge is 2.60. The molecule has 3 heterocycles. The Morgan fingerprint density at radius 1 is 0.976 bits per heavy atom. The van der Waals surface area contributed by atoms with Crippen LogP contribution in [-0.2, 0) is 11.2 Å². The Hall–Kier alpha value is -3.28. The van der Waals surface area contributed by atoms with Crippen LogP contribution in [-0.4, -0.2) is 92.6 Å². The number of hydrogen-bond acceptors (Lipinski definition) is 7. The Balaban J connectivity index is 1.13. The summed E-state index contributed by atoms with van der Waals surface area (Å²) in [6.45, 7) is 13.7. The van der Waals surface area contributed by atoms with Crippen molar-refractivity contribution in [1.82, 2.24) is 24.3 Å². The molecule has 0 radical (unpaired) electrons. The van der Waals surface area contributed by atoms with Crippen molar-refractivity contribution in [2.24, 2.45) is 29.2 Å². The molecule has 5 N–H and O–H groups in total. The number of nitrogens with one attached hydrogen (secondary N) is 1. The second-order valence-corrected chi connectivity index (χ2v) is 13.2. The van der Waals surface area contributed by atoms with Gasteiger partial charge in [-0.15, -0.1) is 0 Å². The maximum absolute atomic E-state index is 12.8. The average molecular weight is 565 g/mol. The van der Waals surface area contributed by atoms with Crippen LogP contribution in [0, 0.1) is 17.8 Å². The summed E-state index contributed by atoms with van der Waals surface area (Å²) in [5, 5.41) is 2.70. The summed E-state index contributed by atoms with van der Waals surface area (Å²) in [6.07, 6.45) is 2.56. The fraction of sp³-hybridized carbons (Fsp3) is 0.600. The van der Waals surface area contributed by atoms with Gasteiger partial charge in [-0.2, -0.15) is 4.98 Å². The van der Waals surface area contributed by atoms with E-state index in [1.54, 1.807) is 35.9 Å². The smallest absolute Gasteiger partial charge is 0.338 e. The molecule has 222 valence electrons. The third-order valence-electron chi connectivity index (χ3n) is 8.89. The Bertz CT molecular complexity index is 1320. The molecule has 2 aromatic rings. The summed E-state index contributed by atoms with van der Waals surface area (Å²) in [6, 6.07) is 9.69. The molecule has 4 atom stereocenters. The van der Waals surface area contributed by atoms with Crippen molar-refractivity contribution in [2.45, 2.75) is 58.2 Å². The van der Waals surface area contributed by atoms with Gasteiger partial charge in [-0.05, 0) is 82.6 Å². The first-order chi connectivity index (χ1) is 19.2. The number of carbonyl (C=O) groups is 2. The number of nitrogens with zero attached hydrogens (tertiary/aromatic N) is 5. The standard InChI is InChI=1S/C30H44N8O3/c1-19(37-17-22-23(18-37)25(22)29(2,3)31)16-20-6-8-21(9-7-20)38-11-10-24(34-28(38)41)33-27(40)36-14-12-35(13-15-36)26(39)30(4,5)32/h6-11,19,22-23,25H,12-18,31-32H2,1-5H3,(H,33,34,40,41)/t19?,22-,23+,25+. The molecule has 5 rings (SSSR count). The van der Waals surface area contributed by atoms with Crippen LogP contribution in [0.2, 0.25) is 0 Å². The van der Waals surface area contributed by atoms with Crippen LogP contribution >= 0.6 is 0 Å². The first-order valence-electron chi connectivity index (χ1n) is 14.6. The van der Waals surface area contributed by atoms with E-state index in [-0.39, 0.29) is 23.3 Å². The van der Waals surface area contributed by atoms with Gasteiger partial charge in [-0.25, -0.2) is 9.59 Å². The minimum atomic E-state index is -0.947. The molecule has 1 aromatic heterocycles. The highest BCUT2D eigenvalue weighted by atomic mass is 16.2. The third-order valence-corrected chi connectivity index (χ3v) is 8.89. The van der Waals surface area contributed by atoms with Crippen molar-refractivity contribution in [3.63, 3.8) is 0 Å². The minimum Gasteiger partial charge on any atom is -0.338 e. The van der Waals surface area contributed by atoms with Crippen LogP contribution in [0.25, 0.3) is 5.69 Å². The first kappa shape index (κ1) is 29.2. The van der Waals surface area contributed by atoms with Crippen molar-refractivity contribution in [3.05, 3.63) is 52.6 Å². The van der Waals surface area contributed by atoms with Gasteiger partial charge in [0.05, 0.1) is 11.2 Å². The summed E-state index contributed by atoms with van der Waals surface area (Å²) < 4.78 is 1.46. The number of fused-ring (bicyclic) bond motifs is 1. The van der Waals surface area contributed by atoms with Crippen LogP contribution in [0.15, 0.2) is 41.3 Å². The second-order valence-electron chi connectivity index (χ2n) is 13.2. The van der Waals surface area contributed by atoms with E-state index in [1.807, 2.05) is 12.1 Å². The molecule has 11 nitrogen and oxygen atoms in total. The van der Waals surface area contributed by atoms with Gasteiger partial charge >= 0.3 is 11.7 Å². The monoisotopic (exact) mass is 564 g/mol. The molecule has 1 aliphatic carbocycles. The number of aromatic nitrogens is 2. The predicted octanol–water partition coefficient (Wildman–Crippen LogP) is 1.49. The SMILES string of the molecule is CC(Cc1ccc(-n2ccc(NC(=O)N3CCN(C(=O)C(C)(C)N)CC3)nc2=O)cc1)N1C[C@@H]2[C@H](C1)[C@H]2C(C)(C)N. The molecule has 11 heteroatoms. The number of amides is 3. The van der Waals surface area contributed by atoms with Gasteiger partial charge < -0.3 is 21.3 Å².